The summed E-state index contributed by atoms with van der Waals surface area (Å²) < 4.78 is 18.1. The summed E-state index contributed by atoms with van der Waals surface area (Å²) in [6.45, 7) is 1.47. The van der Waals surface area contributed by atoms with Gasteiger partial charge in [-0.25, -0.2) is 0 Å². The average Bonchev–Trinajstić information content (AvgIpc) is 3.19. The maximum atomic E-state index is 10.8. The third-order valence-electron chi connectivity index (χ3n) is 7.64. The second-order valence-corrected chi connectivity index (χ2v) is 11.9. The second kappa shape index (κ2) is 15.1. The van der Waals surface area contributed by atoms with Crippen molar-refractivity contribution in [2.24, 2.45) is 5.73 Å². The number of nitrogens with two attached hydrogens (primary N) is 1. The van der Waals surface area contributed by atoms with Crippen LogP contribution in [0.25, 0.3) is 11.1 Å². The van der Waals surface area contributed by atoms with Crippen LogP contribution < -0.4 is 15.2 Å². The first-order chi connectivity index (χ1) is 20.2. The molecule has 3 aromatic carbocycles. The summed E-state index contributed by atoms with van der Waals surface area (Å²) in [5, 5.41) is 0. The summed E-state index contributed by atoms with van der Waals surface area (Å²) in [5.74, 6) is 2.90. The zero-order valence-corrected chi connectivity index (χ0v) is 24.6. The van der Waals surface area contributed by atoms with Crippen molar-refractivity contribution in [3.63, 3.8) is 0 Å². The van der Waals surface area contributed by atoms with Crippen LogP contribution in [-0.2, 0) is 16.0 Å². The number of fused-ring (bicyclic) bond motifs is 1. The third-order valence-corrected chi connectivity index (χ3v) is 8.70. The molecule has 1 heterocycles. The average molecular weight is 572 g/mol. The molecule has 3 aromatic rings. The van der Waals surface area contributed by atoms with Gasteiger partial charge in [0.05, 0.1) is 19.0 Å². The fraction of sp³-hybridized carbons (Fsp3) is 0.400. The summed E-state index contributed by atoms with van der Waals surface area (Å²) in [7, 11) is 0. The number of hydrogen-bond donors (Lipinski definition) is 1. The number of allylic oxidation sites excluding steroid dienone is 1. The van der Waals surface area contributed by atoms with Gasteiger partial charge in [0.1, 0.15) is 11.5 Å². The maximum Gasteiger partial charge on any atom is 0.227 e. The van der Waals surface area contributed by atoms with Crippen molar-refractivity contribution in [3.05, 3.63) is 95.1 Å². The van der Waals surface area contributed by atoms with Gasteiger partial charge in [0.2, 0.25) is 5.91 Å². The molecule has 2 aliphatic rings. The quantitative estimate of drug-likeness (QED) is 0.213. The van der Waals surface area contributed by atoms with Crippen molar-refractivity contribution in [1.82, 2.24) is 0 Å². The van der Waals surface area contributed by atoms with Gasteiger partial charge < -0.3 is 19.9 Å². The van der Waals surface area contributed by atoms with Gasteiger partial charge in [-0.15, -0.1) is 0 Å². The van der Waals surface area contributed by atoms with E-state index < -0.39 is 0 Å². The summed E-state index contributed by atoms with van der Waals surface area (Å²) in [6, 6.07) is 25.9. The van der Waals surface area contributed by atoms with E-state index in [9.17, 15) is 4.79 Å². The fourth-order valence-electron chi connectivity index (χ4n) is 5.61. The molecule has 0 bridgehead atoms. The van der Waals surface area contributed by atoms with E-state index in [1.54, 1.807) is 11.8 Å². The number of amides is 1. The van der Waals surface area contributed by atoms with E-state index in [-0.39, 0.29) is 12.2 Å². The van der Waals surface area contributed by atoms with Crippen LogP contribution in [0.1, 0.15) is 73.6 Å². The number of primary amides is 1. The molecule has 5 rings (SSSR count). The zero-order chi connectivity index (χ0) is 28.3. The number of thioether (sulfide) groups is 1. The van der Waals surface area contributed by atoms with E-state index in [0.29, 0.717) is 12.4 Å². The highest BCUT2D eigenvalue weighted by molar-refractivity contribution is 7.99. The molecule has 0 spiro atoms. The number of ether oxygens (including phenoxy) is 3. The Labute approximate surface area is 248 Å². The number of unbranched alkanes of at least 4 members (excludes halogenated alkanes) is 2. The van der Waals surface area contributed by atoms with Crippen molar-refractivity contribution < 1.29 is 19.0 Å². The molecular formula is C35H41NO4S. The van der Waals surface area contributed by atoms with Crippen LogP contribution in [0.5, 0.6) is 11.5 Å². The highest BCUT2D eigenvalue weighted by atomic mass is 32.2. The topological polar surface area (TPSA) is 70.8 Å². The molecular weight excluding hydrogens is 530 g/mol. The summed E-state index contributed by atoms with van der Waals surface area (Å²) in [5.41, 5.74) is 13.0. The van der Waals surface area contributed by atoms with Gasteiger partial charge in [-0.3, -0.25) is 4.79 Å². The molecule has 1 saturated heterocycles. The molecule has 41 heavy (non-hydrogen) atoms. The lowest BCUT2D eigenvalue weighted by Crippen LogP contribution is -2.25. The normalized spacial score (nSPS) is 17.0. The molecule has 6 heteroatoms. The van der Waals surface area contributed by atoms with Gasteiger partial charge in [0.25, 0.3) is 0 Å². The predicted octanol–water partition coefficient (Wildman–Crippen LogP) is 7.66. The smallest absolute Gasteiger partial charge is 0.227 e. The molecule has 1 unspecified atom stereocenters. The number of benzene rings is 3. The van der Waals surface area contributed by atoms with Crippen LogP contribution >= 0.6 is 11.8 Å². The van der Waals surface area contributed by atoms with Gasteiger partial charge in [0, 0.05) is 6.42 Å². The van der Waals surface area contributed by atoms with Crippen LogP contribution in [-0.4, -0.2) is 36.9 Å². The van der Waals surface area contributed by atoms with Crippen LogP contribution in [0.4, 0.5) is 0 Å². The van der Waals surface area contributed by atoms with Crippen LogP contribution in [0.15, 0.2) is 72.8 Å². The van der Waals surface area contributed by atoms with Crippen molar-refractivity contribution >= 4 is 28.8 Å². The first kappa shape index (κ1) is 29.3. The van der Waals surface area contributed by atoms with Crippen molar-refractivity contribution in [1.29, 1.82) is 0 Å². The molecule has 1 fully saturated rings. The standard InChI is InChI=1S/C35H41NO4S/c36-33(37)25-41-23-8-2-6-21-38-29-17-15-27(16-18-29)35-31(26-10-3-1-4-11-26)13-9-12-28-24-30(19-20-32(28)35)40-34-14-5-7-22-39-34/h1,3-4,10-11,15-20,24,34H,2,5-9,12-14,21-23,25H2,(H2,36,37). The summed E-state index contributed by atoms with van der Waals surface area (Å²) >= 11 is 1.60. The Morgan fingerprint density at radius 3 is 2.49 bits per heavy atom. The van der Waals surface area contributed by atoms with Gasteiger partial charge in [0.15, 0.2) is 6.29 Å². The predicted molar refractivity (Wildman–Crippen MR) is 168 cm³/mol. The minimum absolute atomic E-state index is 0.143. The first-order valence-electron chi connectivity index (χ1n) is 15.0. The minimum atomic E-state index is -0.246. The minimum Gasteiger partial charge on any atom is -0.494 e. The SMILES string of the molecule is NC(=O)CSCCCCCOc1ccc(C2=C(c3ccccc3)CCCc3cc(OC4CCCCO4)ccc32)cc1. The van der Waals surface area contributed by atoms with Gasteiger partial charge in [-0.1, -0.05) is 48.5 Å². The second-order valence-electron chi connectivity index (χ2n) is 10.8. The molecule has 216 valence electrons. The summed E-state index contributed by atoms with van der Waals surface area (Å²) in [4.78, 5) is 10.8. The lowest BCUT2D eigenvalue weighted by Gasteiger charge is -2.24. The number of carbonyl (C=O) groups excluding carboxylic acids is 1. The van der Waals surface area contributed by atoms with E-state index in [1.165, 1.54) is 33.4 Å². The Morgan fingerprint density at radius 2 is 1.71 bits per heavy atom. The molecule has 0 aromatic heterocycles. The fourth-order valence-corrected chi connectivity index (χ4v) is 6.37. The Morgan fingerprint density at radius 1 is 0.878 bits per heavy atom. The molecule has 2 N–H and O–H groups in total. The molecule has 0 saturated carbocycles. The van der Waals surface area contributed by atoms with E-state index in [1.807, 2.05) is 0 Å². The largest absolute Gasteiger partial charge is 0.494 e. The van der Waals surface area contributed by atoms with Gasteiger partial charge in [-0.05, 0) is 115 Å². The number of hydrogen-bond acceptors (Lipinski definition) is 5. The van der Waals surface area contributed by atoms with E-state index in [2.05, 4.69) is 72.8 Å². The van der Waals surface area contributed by atoms with E-state index in [4.69, 9.17) is 19.9 Å². The molecule has 1 aliphatic carbocycles. The Bertz CT molecular complexity index is 1300. The van der Waals surface area contributed by atoms with E-state index in [0.717, 1.165) is 81.6 Å². The molecule has 1 atom stereocenters. The Kier molecular flexibility index (Phi) is 10.8. The lowest BCUT2D eigenvalue weighted by molar-refractivity contribution is -0.115. The van der Waals surface area contributed by atoms with Crippen molar-refractivity contribution in [3.8, 4) is 11.5 Å². The van der Waals surface area contributed by atoms with Crippen LogP contribution in [0.2, 0.25) is 0 Å². The molecule has 5 nitrogen and oxygen atoms in total. The number of aryl methyl sites for hydroxylation is 1. The lowest BCUT2D eigenvalue weighted by atomic mass is 9.88. The van der Waals surface area contributed by atoms with Crippen molar-refractivity contribution in [2.45, 2.75) is 64.1 Å². The monoisotopic (exact) mass is 571 g/mol. The molecule has 1 aliphatic heterocycles. The van der Waals surface area contributed by atoms with E-state index >= 15 is 0 Å². The third kappa shape index (κ3) is 8.40. The van der Waals surface area contributed by atoms with Crippen LogP contribution in [0, 0.1) is 0 Å². The Hall–Kier alpha value is -3.22. The first-order valence-corrected chi connectivity index (χ1v) is 16.1. The maximum absolute atomic E-state index is 10.8. The highest BCUT2D eigenvalue weighted by Crippen LogP contribution is 2.41. The summed E-state index contributed by atoms with van der Waals surface area (Å²) in [6.07, 6.45) is 9.33. The molecule has 1 amide bonds. The number of rotatable bonds is 13. The highest BCUT2D eigenvalue weighted by Gasteiger charge is 2.22. The van der Waals surface area contributed by atoms with Crippen molar-refractivity contribution in [2.75, 3.05) is 24.7 Å². The Balaban J connectivity index is 1.32. The number of carbonyl (C=O) groups is 1. The zero-order valence-electron chi connectivity index (χ0n) is 23.8. The van der Waals surface area contributed by atoms with Gasteiger partial charge in [-0.2, -0.15) is 11.8 Å². The molecule has 0 radical (unpaired) electrons. The van der Waals surface area contributed by atoms with Gasteiger partial charge >= 0.3 is 0 Å². The van der Waals surface area contributed by atoms with Crippen LogP contribution in [0.3, 0.4) is 0 Å².